The molecule has 0 saturated carbocycles. The van der Waals surface area contributed by atoms with Crippen molar-refractivity contribution in [2.45, 2.75) is 37.8 Å². The Morgan fingerprint density at radius 3 is 2.47 bits per heavy atom. The van der Waals surface area contributed by atoms with Gasteiger partial charge in [0.15, 0.2) is 0 Å². The SMILES string of the molecule is CCC[C@@H](NC(=O)OCC1c2ccccc2-c2ccccc21)[C@H](/C=C/C#N)N=[N+]=[N-]. The summed E-state index contributed by atoms with van der Waals surface area (Å²) in [6.07, 6.45) is 3.53. The van der Waals surface area contributed by atoms with Crippen LogP contribution in [0.5, 0.6) is 0 Å². The van der Waals surface area contributed by atoms with Crippen molar-refractivity contribution in [3.8, 4) is 17.2 Å². The number of ether oxygens (including phenoxy) is 1. The molecule has 7 nitrogen and oxygen atoms in total. The van der Waals surface area contributed by atoms with Crippen molar-refractivity contribution in [3.05, 3.63) is 82.3 Å². The lowest BCUT2D eigenvalue weighted by atomic mass is 9.98. The van der Waals surface area contributed by atoms with Gasteiger partial charge in [0, 0.05) is 22.9 Å². The topological polar surface area (TPSA) is 111 Å². The first-order chi connectivity index (χ1) is 14.7. The second kappa shape index (κ2) is 10.1. The highest BCUT2D eigenvalue weighted by Crippen LogP contribution is 2.44. The van der Waals surface area contributed by atoms with E-state index in [1.54, 1.807) is 0 Å². The predicted octanol–water partition coefficient (Wildman–Crippen LogP) is 5.45. The molecule has 0 aliphatic heterocycles. The fourth-order valence-electron chi connectivity index (χ4n) is 3.89. The van der Waals surface area contributed by atoms with E-state index in [0.717, 1.165) is 28.7 Å². The van der Waals surface area contributed by atoms with Gasteiger partial charge in [-0.1, -0.05) is 73.1 Å². The van der Waals surface area contributed by atoms with Crippen LogP contribution in [0.4, 0.5) is 4.79 Å². The Morgan fingerprint density at radius 1 is 1.27 bits per heavy atom. The molecule has 0 saturated heterocycles. The van der Waals surface area contributed by atoms with Crippen LogP contribution >= 0.6 is 0 Å². The summed E-state index contributed by atoms with van der Waals surface area (Å²) >= 11 is 0. The van der Waals surface area contributed by atoms with Gasteiger partial charge in [-0.3, -0.25) is 0 Å². The molecule has 1 aliphatic carbocycles. The molecular weight excluding hydrogens is 378 g/mol. The highest BCUT2D eigenvalue weighted by Gasteiger charge is 2.29. The molecule has 2 atom stereocenters. The van der Waals surface area contributed by atoms with E-state index < -0.39 is 18.2 Å². The van der Waals surface area contributed by atoms with Crippen LogP contribution in [-0.4, -0.2) is 24.8 Å². The van der Waals surface area contributed by atoms with Gasteiger partial charge in [0.1, 0.15) is 6.61 Å². The normalized spacial score (nSPS) is 14.1. The van der Waals surface area contributed by atoms with E-state index in [2.05, 4.69) is 39.6 Å². The van der Waals surface area contributed by atoms with Crippen LogP contribution in [0.3, 0.4) is 0 Å². The van der Waals surface area contributed by atoms with Crippen molar-refractivity contribution in [2.75, 3.05) is 6.61 Å². The van der Waals surface area contributed by atoms with Crippen LogP contribution in [-0.2, 0) is 4.74 Å². The summed E-state index contributed by atoms with van der Waals surface area (Å²) < 4.78 is 5.58. The monoisotopic (exact) mass is 401 g/mol. The van der Waals surface area contributed by atoms with E-state index >= 15 is 0 Å². The fourth-order valence-corrected chi connectivity index (χ4v) is 3.89. The molecule has 30 heavy (non-hydrogen) atoms. The minimum absolute atomic E-state index is 0.0285. The highest BCUT2D eigenvalue weighted by atomic mass is 16.5. The Labute approximate surface area is 175 Å². The lowest BCUT2D eigenvalue weighted by Crippen LogP contribution is -2.42. The summed E-state index contributed by atoms with van der Waals surface area (Å²) in [5.41, 5.74) is 13.4. The minimum atomic E-state index is -0.657. The van der Waals surface area contributed by atoms with E-state index in [-0.39, 0.29) is 12.5 Å². The number of carbonyl (C=O) groups excluding carboxylic acids is 1. The van der Waals surface area contributed by atoms with Crippen molar-refractivity contribution >= 4 is 6.09 Å². The molecule has 2 aromatic rings. The summed E-state index contributed by atoms with van der Waals surface area (Å²) in [5, 5.41) is 15.3. The lowest BCUT2D eigenvalue weighted by Gasteiger charge is -2.22. The molecule has 0 heterocycles. The van der Waals surface area contributed by atoms with Gasteiger partial charge < -0.3 is 10.1 Å². The third-order valence-corrected chi connectivity index (χ3v) is 5.21. The van der Waals surface area contributed by atoms with Gasteiger partial charge in [0.2, 0.25) is 0 Å². The number of rotatable bonds is 8. The first-order valence-corrected chi connectivity index (χ1v) is 9.91. The number of azide groups is 1. The van der Waals surface area contributed by atoms with Gasteiger partial charge in [-0.2, -0.15) is 5.26 Å². The molecule has 0 bridgehead atoms. The maximum Gasteiger partial charge on any atom is 0.407 e. The highest BCUT2D eigenvalue weighted by molar-refractivity contribution is 5.79. The fraction of sp³-hybridized carbons (Fsp3) is 0.304. The molecule has 1 aliphatic rings. The Hall–Kier alpha value is -3.75. The molecule has 0 unspecified atom stereocenters. The molecule has 152 valence electrons. The molecule has 0 aromatic heterocycles. The average Bonchev–Trinajstić information content (AvgIpc) is 3.09. The van der Waals surface area contributed by atoms with E-state index in [1.165, 1.54) is 12.2 Å². The standard InChI is InChI=1S/C23H23N5O2/c1-2-8-21(22(27-28-25)13-7-14-24)26-23(29)30-15-20-18-11-5-3-9-16(18)17-10-4-6-12-19(17)20/h3-7,9-13,20-22H,2,8,15H2,1H3,(H,26,29)/b13-7+/t21-,22+/m1/s1. The van der Waals surface area contributed by atoms with Crippen molar-refractivity contribution in [1.29, 1.82) is 5.26 Å². The number of hydrogen-bond acceptors (Lipinski definition) is 4. The predicted molar refractivity (Wildman–Crippen MR) is 115 cm³/mol. The lowest BCUT2D eigenvalue weighted by molar-refractivity contribution is 0.137. The number of allylic oxidation sites excluding steroid dienone is 1. The molecule has 0 radical (unpaired) electrons. The second-order valence-electron chi connectivity index (χ2n) is 7.05. The van der Waals surface area contributed by atoms with Crippen molar-refractivity contribution in [1.82, 2.24) is 5.32 Å². The van der Waals surface area contributed by atoms with Gasteiger partial charge in [0.25, 0.3) is 0 Å². The number of benzene rings is 2. The smallest absolute Gasteiger partial charge is 0.407 e. The van der Waals surface area contributed by atoms with Crippen LogP contribution in [0.2, 0.25) is 0 Å². The maximum atomic E-state index is 12.5. The van der Waals surface area contributed by atoms with E-state index in [1.807, 2.05) is 37.3 Å². The number of nitrogens with one attached hydrogen (secondary N) is 1. The zero-order valence-corrected chi connectivity index (χ0v) is 16.7. The van der Waals surface area contributed by atoms with Crippen LogP contribution in [0.15, 0.2) is 65.8 Å². The van der Waals surface area contributed by atoms with Gasteiger partial charge >= 0.3 is 6.09 Å². The molecular formula is C23H23N5O2. The van der Waals surface area contributed by atoms with Crippen LogP contribution in [0.1, 0.15) is 36.8 Å². The zero-order chi connectivity index (χ0) is 21.3. The number of nitrogens with zero attached hydrogens (tertiary/aromatic N) is 4. The Balaban J connectivity index is 1.71. The number of nitriles is 1. The minimum Gasteiger partial charge on any atom is -0.449 e. The molecule has 2 aromatic carbocycles. The van der Waals surface area contributed by atoms with Crippen molar-refractivity contribution < 1.29 is 9.53 Å². The molecule has 1 amide bonds. The van der Waals surface area contributed by atoms with Crippen molar-refractivity contribution in [3.63, 3.8) is 0 Å². The van der Waals surface area contributed by atoms with Gasteiger partial charge in [0.05, 0.1) is 12.1 Å². The molecule has 1 N–H and O–H groups in total. The number of carbonyl (C=O) groups is 1. The van der Waals surface area contributed by atoms with Crippen LogP contribution < -0.4 is 5.32 Å². The first-order valence-electron chi connectivity index (χ1n) is 9.91. The third kappa shape index (κ3) is 4.62. The average molecular weight is 401 g/mol. The van der Waals surface area contributed by atoms with Crippen LogP contribution in [0.25, 0.3) is 21.6 Å². The number of hydrogen-bond donors (Lipinski definition) is 1. The van der Waals surface area contributed by atoms with Crippen molar-refractivity contribution in [2.24, 2.45) is 5.11 Å². The summed E-state index contributed by atoms with van der Waals surface area (Å²) in [6.45, 7) is 2.17. The largest absolute Gasteiger partial charge is 0.449 e. The summed E-state index contributed by atoms with van der Waals surface area (Å²) in [7, 11) is 0. The molecule has 0 fully saturated rings. The Kier molecular flexibility index (Phi) is 7.09. The van der Waals surface area contributed by atoms with Gasteiger partial charge in [-0.05, 0) is 34.2 Å². The quantitative estimate of drug-likeness (QED) is 0.275. The van der Waals surface area contributed by atoms with Gasteiger partial charge in [-0.15, -0.1) is 0 Å². The van der Waals surface area contributed by atoms with Gasteiger partial charge in [-0.25, -0.2) is 4.79 Å². The molecule has 7 heteroatoms. The first kappa shape index (κ1) is 21.0. The number of alkyl carbamates (subject to hydrolysis) is 1. The molecule has 0 spiro atoms. The number of amides is 1. The Bertz CT molecular complexity index is 975. The summed E-state index contributed by atoms with van der Waals surface area (Å²) in [5.74, 6) is -0.0285. The van der Waals surface area contributed by atoms with Crippen LogP contribution in [0, 0.1) is 11.3 Å². The Morgan fingerprint density at radius 2 is 1.90 bits per heavy atom. The third-order valence-electron chi connectivity index (χ3n) is 5.21. The van der Waals surface area contributed by atoms with E-state index in [9.17, 15) is 4.79 Å². The van der Waals surface area contributed by atoms with E-state index in [4.69, 9.17) is 15.5 Å². The maximum absolute atomic E-state index is 12.5. The number of fused-ring (bicyclic) bond motifs is 3. The van der Waals surface area contributed by atoms with E-state index in [0.29, 0.717) is 6.42 Å². The second-order valence-corrected chi connectivity index (χ2v) is 7.05. The summed E-state index contributed by atoms with van der Waals surface area (Å²) in [4.78, 5) is 15.4. The summed E-state index contributed by atoms with van der Waals surface area (Å²) in [6, 6.07) is 17.0. The zero-order valence-electron chi connectivity index (χ0n) is 16.7. The molecule has 3 rings (SSSR count).